The van der Waals surface area contributed by atoms with Crippen LogP contribution in [0.4, 0.5) is 0 Å². The third-order valence-electron chi connectivity index (χ3n) is 5.56. The first-order valence-corrected chi connectivity index (χ1v) is 9.16. The van der Waals surface area contributed by atoms with E-state index >= 15 is 0 Å². The summed E-state index contributed by atoms with van der Waals surface area (Å²) in [7, 11) is 0. The first-order valence-electron chi connectivity index (χ1n) is 8.78. The molecule has 0 spiro atoms. The minimum absolute atomic E-state index is 0.253. The molecule has 2 aromatic carbocycles. The summed E-state index contributed by atoms with van der Waals surface area (Å²) in [5.41, 5.74) is 7.32. The molecule has 0 atom stereocenters. The van der Waals surface area contributed by atoms with E-state index < -0.39 is 0 Å². The standard InChI is InChI=1S/C23H27Cl/c1-16(18-7-9-19(24)10-8-18)14-17-6-11-20-21(15-17)23(4,5)13-12-22(20,2)3/h6-11,14-15H,12-13H2,1-5H3/b16-14+. The summed E-state index contributed by atoms with van der Waals surface area (Å²) in [5, 5.41) is 0.782. The van der Waals surface area contributed by atoms with E-state index in [-0.39, 0.29) is 10.8 Å². The molecular formula is C23H27Cl. The molecule has 0 radical (unpaired) electrons. The van der Waals surface area contributed by atoms with Crippen LogP contribution in [-0.2, 0) is 10.8 Å². The summed E-state index contributed by atoms with van der Waals surface area (Å²) in [6.07, 6.45) is 4.78. The predicted molar refractivity (Wildman–Crippen MR) is 107 cm³/mol. The number of hydrogen-bond acceptors (Lipinski definition) is 0. The van der Waals surface area contributed by atoms with Crippen molar-refractivity contribution < 1.29 is 0 Å². The Bertz CT molecular complexity index is 776. The second-order valence-corrected chi connectivity index (χ2v) is 8.84. The van der Waals surface area contributed by atoms with Gasteiger partial charge in [-0.15, -0.1) is 0 Å². The lowest BCUT2D eigenvalue weighted by Crippen LogP contribution is -2.33. The Morgan fingerprint density at radius 1 is 0.875 bits per heavy atom. The lowest BCUT2D eigenvalue weighted by Gasteiger charge is -2.42. The molecule has 24 heavy (non-hydrogen) atoms. The van der Waals surface area contributed by atoms with Gasteiger partial charge in [-0.05, 0) is 70.6 Å². The van der Waals surface area contributed by atoms with Crippen LogP contribution in [0, 0.1) is 0 Å². The van der Waals surface area contributed by atoms with Crippen LogP contribution in [0.2, 0.25) is 5.02 Å². The fraction of sp³-hybridized carbons (Fsp3) is 0.391. The number of benzene rings is 2. The van der Waals surface area contributed by atoms with Crippen molar-refractivity contribution >= 4 is 23.3 Å². The number of halogens is 1. The van der Waals surface area contributed by atoms with E-state index in [0.29, 0.717) is 0 Å². The van der Waals surface area contributed by atoms with Gasteiger partial charge < -0.3 is 0 Å². The molecule has 0 fully saturated rings. The number of hydrogen-bond donors (Lipinski definition) is 0. The molecule has 3 rings (SSSR count). The van der Waals surface area contributed by atoms with Crippen LogP contribution in [0.3, 0.4) is 0 Å². The summed E-state index contributed by atoms with van der Waals surface area (Å²) in [5.74, 6) is 0. The molecule has 0 bridgehead atoms. The number of allylic oxidation sites excluding steroid dienone is 1. The SMILES string of the molecule is C/C(=C\c1ccc2c(c1)C(C)(C)CCC2(C)C)c1ccc(Cl)cc1. The monoisotopic (exact) mass is 338 g/mol. The molecule has 0 saturated carbocycles. The molecule has 2 aromatic rings. The van der Waals surface area contributed by atoms with E-state index in [2.05, 4.69) is 71.0 Å². The third kappa shape index (κ3) is 3.30. The van der Waals surface area contributed by atoms with Crippen molar-refractivity contribution in [3.8, 4) is 0 Å². The summed E-state index contributed by atoms with van der Waals surface area (Å²) in [4.78, 5) is 0. The van der Waals surface area contributed by atoms with Crippen molar-refractivity contribution in [2.45, 2.75) is 58.3 Å². The predicted octanol–water partition coefficient (Wildman–Crippen LogP) is 7.25. The molecule has 0 unspecified atom stereocenters. The topological polar surface area (TPSA) is 0 Å². The smallest absolute Gasteiger partial charge is 0.0406 e. The van der Waals surface area contributed by atoms with Crippen molar-refractivity contribution in [1.29, 1.82) is 0 Å². The highest BCUT2D eigenvalue weighted by Gasteiger charge is 2.36. The van der Waals surface area contributed by atoms with Crippen LogP contribution in [0.15, 0.2) is 42.5 Å². The van der Waals surface area contributed by atoms with E-state index in [1.807, 2.05) is 12.1 Å². The molecule has 1 aliphatic carbocycles. The maximum atomic E-state index is 5.99. The molecule has 0 aromatic heterocycles. The normalized spacial score (nSPS) is 19.0. The Balaban J connectivity index is 2.02. The van der Waals surface area contributed by atoms with Crippen LogP contribution >= 0.6 is 11.6 Å². The average molecular weight is 339 g/mol. The van der Waals surface area contributed by atoms with E-state index in [4.69, 9.17) is 11.6 Å². The van der Waals surface area contributed by atoms with Crippen molar-refractivity contribution in [1.82, 2.24) is 0 Å². The van der Waals surface area contributed by atoms with Gasteiger partial charge in [-0.3, -0.25) is 0 Å². The molecule has 1 aliphatic rings. The average Bonchev–Trinajstić information content (AvgIpc) is 2.52. The van der Waals surface area contributed by atoms with Crippen molar-refractivity contribution in [3.63, 3.8) is 0 Å². The Morgan fingerprint density at radius 2 is 1.46 bits per heavy atom. The molecule has 0 N–H and O–H groups in total. The molecule has 0 heterocycles. The van der Waals surface area contributed by atoms with Gasteiger partial charge in [0.25, 0.3) is 0 Å². The van der Waals surface area contributed by atoms with Gasteiger partial charge in [-0.25, -0.2) is 0 Å². The fourth-order valence-corrected chi connectivity index (χ4v) is 3.87. The third-order valence-corrected chi connectivity index (χ3v) is 5.81. The van der Waals surface area contributed by atoms with Gasteiger partial charge in [0.1, 0.15) is 0 Å². The lowest BCUT2D eigenvalue weighted by molar-refractivity contribution is 0.332. The zero-order valence-corrected chi connectivity index (χ0v) is 16.2. The number of fused-ring (bicyclic) bond motifs is 1. The Morgan fingerprint density at radius 3 is 2.08 bits per heavy atom. The van der Waals surface area contributed by atoms with Gasteiger partial charge in [-0.1, -0.05) is 75.7 Å². The van der Waals surface area contributed by atoms with Gasteiger partial charge in [-0.2, -0.15) is 0 Å². The van der Waals surface area contributed by atoms with E-state index in [0.717, 1.165) is 5.02 Å². The Hall–Kier alpha value is -1.53. The summed E-state index contributed by atoms with van der Waals surface area (Å²) in [6.45, 7) is 11.7. The van der Waals surface area contributed by atoms with Gasteiger partial charge in [0, 0.05) is 5.02 Å². The molecule has 126 valence electrons. The first-order chi connectivity index (χ1) is 11.2. The van der Waals surface area contributed by atoms with E-state index in [1.54, 1.807) is 0 Å². The molecule has 0 amide bonds. The summed E-state index contributed by atoms with van der Waals surface area (Å²) >= 11 is 5.99. The molecule has 0 aliphatic heterocycles. The minimum Gasteiger partial charge on any atom is -0.0843 e. The molecule has 1 heteroatoms. The van der Waals surface area contributed by atoms with Crippen LogP contribution < -0.4 is 0 Å². The highest BCUT2D eigenvalue weighted by molar-refractivity contribution is 6.30. The maximum absolute atomic E-state index is 5.99. The Labute approximate surface area is 151 Å². The second-order valence-electron chi connectivity index (χ2n) is 8.41. The summed E-state index contributed by atoms with van der Waals surface area (Å²) in [6, 6.07) is 15.1. The van der Waals surface area contributed by atoms with Crippen LogP contribution in [0.5, 0.6) is 0 Å². The van der Waals surface area contributed by atoms with Crippen LogP contribution in [-0.4, -0.2) is 0 Å². The molecular weight excluding hydrogens is 312 g/mol. The van der Waals surface area contributed by atoms with Gasteiger partial charge in [0.05, 0.1) is 0 Å². The maximum Gasteiger partial charge on any atom is 0.0406 e. The van der Waals surface area contributed by atoms with Crippen molar-refractivity contribution in [3.05, 3.63) is 69.7 Å². The van der Waals surface area contributed by atoms with E-state index in [9.17, 15) is 0 Å². The fourth-order valence-electron chi connectivity index (χ4n) is 3.74. The van der Waals surface area contributed by atoms with Crippen LogP contribution in [0.25, 0.3) is 11.6 Å². The zero-order chi connectivity index (χ0) is 17.5. The van der Waals surface area contributed by atoms with Crippen molar-refractivity contribution in [2.75, 3.05) is 0 Å². The second kappa shape index (κ2) is 6.08. The molecule has 0 saturated heterocycles. The molecule has 0 nitrogen and oxygen atoms in total. The largest absolute Gasteiger partial charge is 0.0843 e. The Kier molecular flexibility index (Phi) is 4.38. The van der Waals surface area contributed by atoms with Gasteiger partial charge in [0.2, 0.25) is 0 Å². The highest BCUT2D eigenvalue weighted by Crippen LogP contribution is 2.46. The zero-order valence-electron chi connectivity index (χ0n) is 15.4. The summed E-state index contributed by atoms with van der Waals surface area (Å²) < 4.78 is 0. The highest BCUT2D eigenvalue weighted by atomic mass is 35.5. The van der Waals surface area contributed by atoms with E-state index in [1.165, 1.54) is 40.7 Å². The minimum atomic E-state index is 0.253. The van der Waals surface area contributed by atoms with Crippen molar-refractivity contribution in [2.24, 2.45) is 0 Å². The lowest BCUT2D eigenvalue weighted by atomic mass is 9.63. The first kappa shape index (κ1) is 17.3. The quantitative estimate of drug-likeness (QED) is 0.506. The van der Waals surface area contributed by atoms with Crippen LogP contribution in [0.1, 0.15) is 69.7 Å². The van der Waals surface area contributed by atoms with Gasteiger partial charge in [0.15, 0.2) is 0 Å². The number of rotatable bonds is 2. The van der Waals surface area contributed by atoms with Gasteiger partial charge >= 0.3 is 0 Å².